The third kappa shape index (κ3) is 3.49. The number of para-hydroxylation sites is 1. The molecule has 21 heavy (non-hydrogen) atoms. The van der Waals surface area contributed by atoms with Gasteiger partial charge in [-0.15, -0.1) is 0 Å². The molecule has 114 valence electrons. The molecule has 0 saturated carbocycles. The average Bonchev–Trinajstić information content (AvgIpc) is 2.47. The summed E-state index contributed by atoms with van der Waals surface area (Å²) in [6.45, 7) is 4.76. The number of hydrogen-bond donors (Lipinski definition) is 2. The molecule has 0 bridgehead atoms. The molecular formula is C14H19N3O4. The standard InChI is InChI=1S/C14H19N3O4/c1-2-16-8-4-5-10(9-16)15-13-11(14(18)19)6-3-7-12(13)17(20)21/h3,6-7,10,15H,2,4-5,8-9H2,1H3,(H,18,19). The van der Waals surface area contributed by atoms with Crippen molar-refractivity contribution in [3.05, 3.63) is 33.9 Å². The van der Waals surface area contributed by atoms with E-state index in [1.165, 1.54) is 18.2 Å². The van der Waals surface area contributed by atoms with E-state index in [0.29, 0.717) is 0 Å². The van der Waals surface area contributed by atoms with Gasteiger partial charge in [0.15, 0.2) is 0 Å². The molecule has 1 unspecified atom stereocenters. The Morgan fingerprint density at radius 1 is 1.57 bits per heavy atom. The van der Waals surface area contributed by atoms with Crippen LogP contribution in [0.3, 0.4) is 0 Å². The van der Waals surface area contributed by atoms with Gasteiger partial charge in [0.25, 0.3) is 5.69 Å². The summed E-state index contributed by atoms with van der Waals surface area (Å²) >= 11 is 0. The molecule has 0 spiro atoms. The molecule has 1 heterocycles. The first-order chi connectivity index (χ1) is 10.0. The second kappa shape index (κ2) is 6.53. The smallest absolute Gasteiger partial charge is 0.338 e. The first kappa shape index (κ1) is 15.2. The van der Waals surface area contributed by atoms with Crippen LogP contribution in [0.2, 0.25) is 0 Å². The van der Waals surface area contributed by atoms with Gasteiger partial charge in [-0.05, 0) is 32.0 Å². The Morgan fingerprint density at radius 3 is 2.95 bits per heavy atom. The van der Waals surface area contributed by atoms with E-state index >= 15 is 0 Å². The van der Waals surface area contributed by atoms with Crippen molar-refractivity contribution >= 4 is 17.3 Å². The van der Waals surface area contributed by atoms with Crippen LogP contribution in [0.1, 0.15) is 30.1 Å². The number of benzene rings is 1. The molecule has 0 aromatic heterocycles. The second-order valence-electron chi connectivity index (χ2n) is 5.14. The number of nitro groups is 1. The van der Waals surface area contributed by atoms with Gasteiger partial charge in [0.2, 0.25) is 0 Å². The van der Waals surface area contributed by atoms with Crippen LogP contribution in [0.15, 0.2) is 18.2 Å². The monoisotopic (exact) mass is 293 g/mol. The zero-order valence-corrected chi connectivity index (χ0v) is 11.9. The van der Waals surface area contributed by atoms with E-state index in [4.69, 9.17) is 0 Å². The molecule has 7 nitrogen and oxygen atoms in total. The lowest BCUT2D eigenvalue weighted by Crippen LogP contribution is -2.42. The molecule has 0 aliphatic carbocycles. The highest BCUT2D eigenvalue weighted by Gasteiger charge is 2.26. The minimum atomic E-state index is -1.16. The number of aromatic carboxylic acids is 1. The van der Waals surface area contributed by atoms with Gasteiger partial charge in [-0.2, -0.15) is 0 Å². The van der Waals surface area contributed by atoms with Crippen molar-refractivity contribution in [3.63, 3.8) is 0 Å². The Labute approximate surface area is 122 Å². The van der Waals surface area contributed by atoms with Crippen LogP contribution < -0.4 is 5.32 Å². The zero-order chi connectivity index (χ0) is 15.4. The largest absolute Gasteiger partial charge is 0.478 e. The summed E-state index contributed by atoms with van der Waals surface area (Å²) in [5.41, 5.74) is -0.140. The van der Waals surface area contributed by atoms with Crippen molar-refractivity contribution in [3.8, 4) is 0 Å². The maximum absolute atomic E-state index is 11.3. The van der Waals surface area contributed by atoms with E-state index < -0.39 is 10.9 Å². The first-order valence-electron chi connectivity index (χ1n) is 7.02. The van der Waals surface area contributed by atoms with Crippen molar-refractivity contribution in [2.24, 2.45) is 0 Å². The Hall–Kier alpha value is -2.15. The van der Waals surface area contributed by atoms with E-state index in [-0.39, 0.29) is 23.0 Å². The van der Waals surface area contributed by atoms with Gasteiger partial charge in [-0.25, -0.2) is 4.79 Å². The lowest BCUT2D eigenvalue weighted by molar-refractivity contribution is -0.384. The molecule has 1 atom stereocenters. The number of carbonyl (C=O) groups is 1. The van der Waals surface area contributed by atoms with Crippen molar-refractivity contribution in [2.75, 3.05) is 25.0 Å². The van der Waals surface area contributed by atoms with E-state index in [1.54, 1.807) is 0 Å². The SMILES string of the molecule is CCN1CCCC(Nc2c(C(=O)O)cccc2[N+](=O)[O-])C1. The number of piperidine rings is 1. The third-order valence-electron chi connectivity index (χ3n) is 3.77. The number of likely N-dealkylation sites (tertiary alicyclic amines) is 1. The lowest BCUT2D eigenvalue weighted by atomic mass is 10.0. The number of hydrogen-bond acceptors (Lipinski definition) is 5. The minimum Gasteiger partial charge on any atom is -0.478 e. The summed E-state index contributed by atoms with van der Waals surface area (Å²) < 4.78 is 0. The molecule has 1 aliphatic heterocycles. The van der Waals surface area contributed by atoms with Crippen LogP contribution >= 0.6 is 0 Å². The highest BCUT2D eigenvalue weighted by atomic mass is 16.6. The fraction of sp³-hybridized carbons (Fsp3) is 0.500. The number of carboxylic acids is 1. The summed E-state index contributed by atoms with van der Waals surface area (Å²) in [5.74, 6) is -1.16. The van der Waals surface area contributed by atoms with Gasteiger partial charge < -0.3 is 15.3 Å². The molecule has 0 radical (unpaired) electrons. The molecule has 1 aliphatic rings. The highest BCUT2D eigenvalue weighted by Crippen LogP contribution is 2.30. The Bertz CT molecular complexity index is 515. The Balaban J connectivity index is 2.29. The van der Waals surface area contributed by atoms with Gasteiger partial charge in [-0.1, -0.05) is 13.0 Å². The molecular weight excluding hydrogens is 274 g/mol. The van der Waals surface area contributed by atoms with Crippen LogP contribution in [0.5, 0.6) is 0 Å². The van der Waals surface area contributed by atoms with Crippen LogP contribution in [-0.4, -0.2) is 46.6 Å². The number of nitrogens with one attached hydrogen (secondary N) is 1. The summed E-state index contributed by atoms with van der Waals surface area (Å²) in [6.07, 6.45) is 1.87. The normalized spacial score (nSPS) is 19.2. The van der Waals surface area contributed by atoms with Gasteiger partial charge in [0.05, 0.1) is 10.5 Å². The second-order valence-corrected chi connectivity index (χ2v) is 5.14. The topological polar surface area (TPSA) is 95.7 Å². The van der Waals surface area contributed by atoms with E-state index in [9.17, 15) is 20.0 Å². The molecule has 1 aromatic carbocycles. The summed E-state index contributed by atoms with van der Waals surface area (Å²) in [5, 5.41) is 23.4. The van der Waals surface area contributed by atoms with Gasteiger partial charge in [0, 0.05) is 18.7 Å². The quantitative estimate of drug-likeness (QED) is 0.638. The maximum atomic E-state index is 11.3. The van der Waals surface area contributed by atoms with Gasteiger partial charge >= 0.3 is 5.97 Å². The number of carboxylic acid groups (broad SMARTS) is 1. The summed E-state index contributed by atoms with van der Waals surface area (Å²) in [4.78, 5) is 24.1. The van der Waals surface area contributed by atoms with E-state index in [2.05, 4.69) is 17.1 Å². The number of likely N-dealkylation sites (N-methyl/N-ethyl adjacent to an activating group) is 1. The van der Waals surface area contributed by atoms with Crippen molar-refractivity contribution in [2.45, 2.75) is 25.8 Å². The number of nitrogens with zero attached hydrogens (tertiary/aromatic N) is 2. The summed E-state index contributed by atoms with van der Waals surface area (Å²) in [7, 11) is 0. The van der Waals surface area contributed by atoms with Crippen molar-refractivity contribution in [1.29, 1.82) is 0 Å². The molecule has 1 fully saturated rings. The van der Waals surface area contributed by atoms with Crippen molar-refractivity contribution in [1.82, 2.24) is 4.90 Å². The zero-order valence-electron chi connectivity index (χ0n) is 11.9. The van der Waals surface area contributed by atoms with Crippen molar-refractivity contribution < 1.29 is 14.8 Å². The van der Waals surface area contributed by atoms with E-state index in [0.717, 1.165) is 32.5 Å². The molecule has 2 N–H and O–H groups in total. The number of rotatable bonds is 5. The number of nitro benzene ring substituents is 1. The predicted octanol–water partition coefficient (Wildman–Crippen LogP) is 2.19. The Morgan fingerprint density at radius 2 is 2.33 bits per heavy atom. The maximum Gasteiger partial charge on any atom is 0.338 e. The fourth-order valence-electron chi connectivity index (χ4n) is 2.69. The van der Waals surface area contributed by atoms with Crippen LogP contribution in [0.25, 0.3) is 0 Å². The highest BCUT2D eigenvalue weighted by molar-refractivity contribution is 5.96. The van der Waals surface area contributed by atoms with E-state index in [1.807, 2.05) is 0 Å². The molecule has 2 rings (SSSR count). The fourth-order valence-corrected chi connectivity index (χ4v) is 2.69. The first-order valence-corrected chi connectivity index (χ1v) is 7.02. The van der Waals surface area contributed by atoms with Gasteiger partial charge in [-0.3, -0.25) is 10.1 Å². The molecule has 7 heteroatoms. The predicted molar refractivity (Wildman–Crippen MR) is 78.8 cm³/mol. The minimum absolute atomic E-state index is 0.0258. The molecule has 0 amide bonds. The average molecular weight is 293 g/mol. The molecule has 1 aromatic rings. The third-order valence-corrected chi connectivity index (χ3v) is 3.77. The lowest BCUT2D eigenvalue weighted by Gasteiger charge is -2.32. The Kier molecular flexibility index (Phi) is 4.74. The summed E-state index contributed by atoms with van der Waals surface area (Å²) in [6, 6.07) is 4.14. The van der Waals surface area contributed by atoms with Crippen LogP contribution in [0, 0.1) is 10.1 Å². The van der Waals surface area contributed by atoms with Crippen LogP contribution in [-0.2, 0) is 0 Å². The molecule has 1 saturated heterocycles. The number of anilines is 1. The van der Waals surface area contributed by atoms with Gasteiger partial charge in [0.1, 0.15) is 5.69 Å². The van der Waals surface area contributed by atoms with Crippen LogP contribution in [0.4, 0.5) is 11.4 Å².